The van der Waals surface area contributed by atoms with E-state index in [-0.39, 0.29) is 12.1 Å². The Balaban J connectivity index is 1.47. The number of benzene rings is 1. The molecule has 134 valence electrons. The third-order valence-electron chi connectivity index (χ3n) is 3.21. The molecule has 26 heavy (non-hydrogen) atoms. The van der Waals surface area contributed by atoms with Gasteiger partial charge >= 0.3 is 5.97 Å². The number of nitrogens with one attached hydrogen (secondary N) is 1. The van der Waals surface area contributed by atoms with Crippen molar-refractivity contribution in [3.05, 3.63) is 57.7 Å². The maximum atomic E-state index is 13.1. The van der Waals surface area contributed by atoms with Gasteiger partial charge in [-0.15, -0.1) is 11.3 Å². The Bertz CT molecular complexity index is 926. The highest BCUT2D eigenvalue weighted by Gasteiger charge is 2.13. The van der Waals surface area contributed by atoms with Crippen LogP contribution in [-0.2, 0) is 20.7 Å². The van der Waals surface area contributed by atoms with Crippen molar-refractivity contribution >= 4 is 40.2 Å². The number of halogens is 2. The fourth-order valence-electron chi connectivity index (χ4n) is 2.02. The molecule has 9 heteroatoms. The van der Waals surface area contributed by atoms with Crippen molar-refractivity contribution < 1.29 is 23.1 Å². The summed E-state index contributed by atoms with van der Waals surface area (Å²) in [6, 6.07) is 4.88. The van der Waals surface area contributed by atoms with Gasteiger partial charge in [0, 0.05) is 28.1 Å². The summed E-state index contributed by atoms with van der Waals surface area (Å²) in [5, 5.41) is 8.79. The molecule has 0 aliphatic carbocycles. The largest absolute Gasteiger partial charge is 0.455 e. The topological polar surface area (TPSA) is 68.3 Å². The predicted octanol–water partition coefficient (Wildman–Crippen LogP) is 3.87. The average molecular weight is 394 g/mol. The van der Waals surface area contributed by atoms with E-state index >= 15 is 0 Å². The second-order valence-corrected chi connectivity index (χ2v) is 6.81. The van der Waals surface area contributed by atoms with Gasteiger partial charge in [-0.05, 0) is 23.6 Å². The third kappa shape index (κ3) is 4.70. The van der Waals surface area contributed by atoms with Crippen molar-refractivity contribution in [2.75, 3.05) is 11.9 Å². The Morgan fingerprint density at radius 2 is 2.00 bits per heavy atom. The van der Waals surface area contributed by atoms with E-state index in [0.29, 0.717) is 5.69 Å². The molecule has 5 nitrogen and oxygen atoms in total. The van der Waals surface area contributed by atoms with E-state index in [2.05, 4.69) is 10.3 Å². The summed E-state index contributed by atoms with van der Waals surface area (Å²) >= 11 is 2.98. The lowest BCUT2D eigenvalue weighted by molar-refractivity contribution is -0.146. The molecule has 2 aromatic heterocycles. The van der Waals surface area contributed by atoms with E-state index < -0.39 is 30.1 Å². The van der Waals surface area contributed by atoms with Crippen LogP contribution in [0.25, 0.3) is 10.6 Å². The molecule has 0 saturated carbocycles. The number of rotatable bonds is 6. The molecule has 0 atom stereocenters. The van der Waals surface area contributed by atoms with Crippen LogP contribution in [-0.4, -0.2) is 23.5 Å². The van der Waals surface area contributed by atoms with E-state index in [1.165, 1.54) is 17.4 Å². The third-order valence-corrected chi connectivity index (χ3v) is 4.84. The monoisotopic (exact) mass is 394 g/mol. The fourth-order valence-corrected chi connectivity index (χ4v) is 3.55. The maximum absolute atomic E-state index is 13.1. The number of amides is 1. The minimum Gasteiger partial charge on any atom is -0.455 e. The first-order valence-electron chi connectivity index (χ1n) is 7.39. The quantitative estimate of drug-likeness (QED) is 0.645. The van der Waals surface area contributed by atoms with Gasteiger partial charge in [0.05, 0.1) is 12.1 Å². The standard InChI is InChI=1S/C17H12F2N2O3S2/c18-13-2-1-11(5-14(13)19)20-15(22)7-24-16(23)6-12-9-26-17(21-12)10-3-4-25-8-10/h1-5,8-9H,6-7H2,(H,20,22). The molecule has 0 fully saturated rings. The summed E-state index contributed by atoms with van der Waals surface area (Å²) in [4.78, 5) is 27.9. The van der Waals surface area contributed by atoms with Crippen LogP contribution in [0.5, 0.6) is 0 Å². The molecule has 3 aromatic rings. The summed E-state index contributed by atoms with van der Waals surface area (Å²) in [5.41, 5.74) is 1.62. The molecular weight excluding hydrogens is 382 g/mol. The van der Waals surface area contributed by atoms with E-state index in [4.69, 9.17) is 4.74 Å². The Hall–Kier alpha value is -2.65. The van der Waals surface area contributed by atoms with Crippen LogP contribution in [0.15, 0.2) is 40.4 Å². The first-order chi connectivity index (χ1) is 12.5. The van der Waals surface area contributed by atoms with E-state index in [1.807, 2.05) is 16.8 Å². The second kappa shape index (κ2) is 8.15. The van der Waals surface area contributed by atoms with Gasteiger partial charge in [-0.25, -0.2) is 13.8 Å². The highest BCUT2D eigenvalue weighted by Crippen LogP contribution is 2.25. The lowest BCUT2D eigenvalue weighted by Crippen LogP contribution is -2.21. The lowest BCUT2D eigenvalue weighted by atomic mass is 10.3. The molecular formula is C17H12F2N2O3S2. The van der Waals surface area contributed by atoms with Crippen molar-refractivity contribution in [3.8, 4) is 10.6 Å². The van der Waals surface area contributed by atoms with E-state index in [0.717, 1.165) is 22.7 Å². The molecule has 2 heterocycles. The first kappa shape index (κ1) is 18.2. The molecule has 0 aliphatic rings. The van der Waals surface area contributed by atoms with Crippen LogP contribution in [0.3, 0.4) is 0 Å². The zero-order chi connectivity index (χ0) is 18.5. The van der Waals surface area contributed by atoms with Gasteiger partial charge in [-0.2, -0.15) is 11.3 Å². The molecule has 1 aromatic carbocycles. The van der Waals surface area contributed by atoms with Crippen LogP contribution >= 0.6 is 22.7 Å². The van der Waals surface area contributed by atoms with Crippen molar-refractivity contribution in [2.45, 2.75) is 6.42 Å². The van der Waals surface area contributed by atoms with Crippen LogP contribution in [0.4, 0.5) is 14.5 Å². The Kier molecular flexibility index (Phi) is 5.69. The van der Waals surface area contributed by atoms with Crippen LogP contribution in [0.1, 0.15) is 5.69 Å². The smallest absolute Gasteiger partial charge is 0.312 e. The van der Waals surface area contributed by atoms with Crippen molar-refractivity contribution in [2.24, 2.45) is 0 Å². The molecule has 1 amide bonds. The van der Waals surface area contributed by atoms with E-state index in [9.17, 15) is 18.4 Å². The van der Waals surface area contributed by atoms with Gasteiger partial charge in [0.25, 0.3) is 5.91 Å². The number of anilines is 1. The summed E-state index contributed by atoms with van der Waals surface area (Å²) in [7, 11) is 0. The number of hydrogen-bond acceptors (Lipinski definition) is 6. The predicted molar refractivity (Wildman–Crippen MR) is 95.1 cm³/mol. The Labute approximate surface area is 155 Å². The van der Waals surface area contributed by atoms with Gasteiger partial charge in [0.2, 0.25) is 0 Å². The van der Waals surface area contributed by atoms with Crippen LogP contribution in [0.2, 0.25) is 0 Å². The van der Waals surface area contributed by atoms with Gasteiger partial charge in [-0.3, -0.25) is 9.59 Å². The summed E-state index contributed by atoms with van der Waals surface area (Å²) in [6.07, 6.45) is -0.0565. The van der Waals surface area contributed by atoms with Gasteiger partial charge in [0.1, 0.15) is 5.01 Å². The minimum atomic E-state index is -1.08. The SMILES string of the molecule is O=C(COC(=O)Cc1csc(-c2ccsc2)n1)Nc1ccc(F)c(F)c1. The van der Waals surface area contributed by atoms with E-state index in [1.54, 1.807) is 16.7 Å². The van der Waals surface area contributed by atoms with Crippen molar-refractivity contribution in [3.63, 3.8) is 0 Å². The minimum absolute atomic E-state index is 0.0565. The highest BCUT2D eigenvalue weighted by atomic mass is 32.1. The highest BCUT2D eigenvalue weighted by molar-refractivity contribution is 7.14. The zero-order valence-corrected chi connectivity index (χ0v) is 14.8. The number of nitrogens with zero attached hydrogens (tertiary/aromatic N) is 1. The molecule has 0 aliphatic heterocycles. The van der Waals surface area contributed by atoms with Gasteiger partial charge < -0.3 is 10.1 Å². The first-order valence-corrected chi connectivity index (χ1v) is 9.21. The van der Waals surface area contributed by atoms with Crippen molar-refractivity contribution in [1.29, 1.82) is 0 Å². The molecule has 0 radical (unpaired) electrons. The zero-order valence-electron chi connectivity index (χ0n) is 13.2. The van der Waals surface area contributed by atoms with Crippen LogP contribution in [0, 0.1) is 11.6 Å². The molecule has 0 spiro atoms. The van der Waals surface area contributed by atoms with Gasteiger partial charge in [0.15, 0.2) is 18.2 Å². The molecule has 0 bridgehead atoms. The molecule has 0 saturated heterocycles. The van der Waals surface area contributed by atoms with Gasteiger partial charge in [-0.1, -0.05) is 0 Å². The number of carbonyl (C=O) groups excluding carboxylic acids is 2. The lowest BCUT2D eigenvalue weighted by Gasteiger charge is -2.06. The average Bonchev–Trinajstić information content (AvgIpc) is 3.28. The number of hydrogen-bond donors (Lipinski definition) is 1. The summed E-state index contributed by atoms with van der Waals surface area (Å²) < 4.78 is 30.8. The molecule has 3 rings (SSSR count). The number of thiophene rings is 1. The number of ether oxygens (including phenoxy) is 1. The normalized spacial score (nSPS) is 10.5. The van der Waals surface area contributed by atoms with Crippen LogP contribution < -0.4 is 5.32 Å². The number of aromatic nitrogens is 1. The summed E-state index contributed by atoms with van der Waals surface area (Å²) in [5.74, 6) is -3.35. The maximum Gasteiger partial charge on any atom is 0.312 e. The second-order valence-electron chi connectivity index (χ2n) is 5.17. The number of esters is 1. The molecule has 0 unspecified atom stereocenters. The molecule has 1 N–H and O–H groups in total. The Morgan fingerprint density at radius 1 is 1.15 bits per heavy atom. The Morgan fingerprint density at radius 3 is 2.73 bits per heavy atom. The fraction of sp³-hybridized carbons (Fsp3) is 0.118. The summed E-state index contributed by atoms with van der Waals surface area (Å²) in [6.45, 7) is -0.528. The number of thiazole rings is 1. The van der Waals surface area contributed by atoms with Crippen molar-refractivity contribution in [1.82, 2.24) is 4.98 Å². The number of carbonyl (C=O) groups is 2.